The number of hydrogen-bond acceptors (Lipinski definition) is 5. The third-order valence-corrected chi connectivity index (χ3v) is 3.10. The molecule has 0 aromatic carbocycles. The molecule has 1 N–H and O–H groups in total. The molecular formula is C15H20N4O3. The number of rotatable bonds is 8. The van der Waals surface area contributed by atoms with Crippen molar-refractivity contribution >= 4 is 5.91 Å². The van der Waals surface area contributed by atoms with Crippen LogP contribution in [0, 0.1) is 6.92 Å². The molecule has 0 aliphatic carbocycles. The Morgan fingerprint density at radius 3 is 2.91 bits per heavy atom. The number of amides is 1. The molecule has 0 saturated heterocycles. The second-order valence-electron chi connectivity index (χ2n) is 4.65. The number of nitrogens with zero attached hydrogens (tertiary/aromatic N) is 3. The fourth-order valence-electron chi connectivity index (χ4n) is 1.89. The zero-order chi connectivity index (χ0) is 15.8. The lowest BCUT2D eigenvalue weighted by molar-refractivity contribution is 0.0951. The number of ether oxygens (including phenoxy) is 2. The van der Waals surface area contributed by atoms with Crippen molar-refractivity contribution in [3.8, 4) is 5.88 Å². The highest BCUT2D eigenvalue weighted by Crippen LogP contribution is 2.09. The van der Waals surface area contributed by atoms with Gasteiger partial charge in [0.15, 0.2) is 0 Å². The van der Waals surface area contributed by atoms with Crippen LogP contribution < -0.4 is 10.1 Å². The van der Waals surface area contributed by atoms with E-state index in [4.69, 9.17) is 9.47 Å². The van der Waals surface area contributed by atoms with Gasteiger partial charge in [0.25, 0.3) is 5.91 Å². The van der Waals surface area contributed by atoms with Crippen LogP contribution in [-0.2, 0) is 11.3 Å². The maximum absolute atomic E-state index is 12.1. The van der Waals surface area contributed by atoms with Crippen LogP contribution in [0.25, 0.3) is 0 Å². The van der Waals surface area contributed by atoms with Crippen LogP contribution in [0.4, 0.5) is 0 Å². The van der Waals surface area contributed by atoms with Gasteiger partial charge in [-0.15, -0.1) is 0 Å². The van der Waals surface area contributed by atoms with Crippen LogP contribution in [0.2, 0.25) is 0 Å². The van der Waals surface area contributed by atoms with Crippen LogP contribution in [0.5, 0.6) is 5.88 Å². The van der Waals surface area contributed by atoms with E-state index in [1.807, 2.05) is 17.7 Å². The second kappa shape index (κ2) is 8.14. The first kappa shape index (κ1) is 16.0. The van der Waals surface area contributed by atoms with Crippen LogP contribution in [0.15, 0.2) is 30.7 Å². The van der Waals surface area contributed by atoms with Crippen molar-refractivity contribution in [2.45, 2.75) is 13.5 Å². The standard InChI is InChI=1S/C15H20N4O3/c1-12-16-5-7-19(12)8-6-18-15(20)13-3-4-17-14(11-13)22-10-9-21-2/h3-5,7,11H,6,8-10H2,1-2H3,(H,18,20). The van der Waals surface area contributed by atoms with Crippen molar-refractivity contribution in [1.29, 1.82) is 0 Å². The molecule has 2 aromatic heterocycles. The molecule has 0 aliphatic heterocycles. The SMILES string of the molecule is COCCOc1cc(C(=O)NCCn2ccnc2C)ccn1. The van der Waals surface area contributed by atoms with Gasteiger partial charge in [-0.05, 0) is 13.0 Å². The minimum atomic E-state index is -0.156. The van der Waals surface area contributed by atoms with Gasteiger partial charge in [0.05, 0.1) is 6.61 Å². The molecule has 0 fully saturated rings. The summed E-state index contributed by atoms with van der Waals surface area (Å²) in [5.74, 6) is 1.18. The number of imidazole rings is 1. The van der Waals surface area contributed by atoms with E-state index in [9.17, 15) is 4.79 Å². The van der Waals surface area contributed by atoms with E-state index in [2.05, 4.69) is 15.3 Å². The Balaban J connectivity index is 1.84. The minimum absolute atomic E-state index is 0.156. The predicted molar refractivity (Wildman–Crippen MR) is 80.9 cm³/mol. The molecular weight excluding hydrogens is 284 g/mol. The van der Waals surface area contributed by atoms with Gasteiger partial charge in [-0.25, -0.2) is 9.97 Å². The summed E-state index contributed by atoms with van der Waals surface area (Å²) < 4.78 is 12.3. The maximum Gasteiger partial charge on any atom is 0.251 e. The Bertz CT molecular complexity index is 612. The van der Waals surface area contributed by atoms with Gasteiger partial charge in [-0.2, -0.15) is 0 Å². The molecule has 0 saturated carbocycles. The van der Waals surface area contributed by atoms with Crippen LogP contribution in [-0.4, -0.2) is 47.3 Å². The average Bonchev–Trinajstić information content (AvgIpc) is 2.93. The number of carbonyl (C=O) groups excluding carboxylic acids is 1. The number of nitrogens with one attached hydrogen (secondary N) is 1. The lowest BCUT2D eigenvalue weighted by Gasteiger charge is -2.09. The number of carbonyl (C=O) groups is 1. The fourth-order valence-corrected chi connectivity index (χ4v) is 1.89. The highest BCUT2D eigenvalue weighted by Gasteiger charge is 2.07. The number of aromatic nitrogens is 3. The normalized spacial score (nSPS) is 10.5. The molecule has 7 heteroatoms. The van der Waals surface area contributed by atoms with E-state index in [-0.39, 0.29) is 5.91 Å². The maximum atomic E-state index is 12.1. The monoisotopic (exact) mass is 304 g/mol. The number of methoxy groups -OCH3 is 1. The van der Waals surface area contributed by atoms with Crippen LogP contribution in [0.1, 0.15) is 16.2 Å². The Labute approximate surface area is 129 Å². The van der Waals surface area contributed by atoms with E-state index in [1.54, 1.807) is 31.6 Å². The van der Waals surface area contributed by atoms with Crippen molar-refractivity contribution < 1.29 is 14.3 Å². The molecule has 118 valence electrons. The summed E-state index contributed by atoms with van der Waals surface area (Å²) in [5.41, 5.74) is 0.518. The number of hydrogen-bond donors (Lipinski definition) is 1. The third kappa shape index (κ3) is 4.56. The van der Waals surface area contributed by atoms with Crippen molar-refractivity contribution in [2.75, 3.05) is 26.9 Å². The van der Waals surface area contributed by atoms with Crippen molar-refractivity contribution in [3.63, 3.8) is 0 Å². The summed E-state index contributed by atoms with van der Waals surface area (Å²) in [6.07, 6.45) is 5.18. The fraction of sp³-hybridized carbons (Fsp3) is 0.400. The van der Waals surface area contributed by atoms with Gasteiger partial charge >= 0.3 is 0 Å². The Morgan fingerprint density at radius 2 is 2.18 bits per heavy atom. The zero-order valence-corrected chi connectivity index (χ0v) is 12.8. The highest BCUT2D eigenvalue weighted by molar-refractivity contribution is 5.94. The minimum Gasteiger partial charge on any atom is -0.475 e. The lowest BCUT2D eigenvalue weighted by Crippen LogP contribution is -2.27. The van der Waals surface area contributed by atoms with Gasteiger partial charge in [-0.3, -0.25) is 4.79 Å². The van der Waals surface area contributed by atoms with Gasteiger partial charge in [0.1, 0.15) is 12.4 Å². The molecule has 0 atom stereocenters. The smallest absolute Gasteiger partial charge is 0.251 e. The Kier molecular flexibility index (Phi) is 5.91. The lowest BCUT2D eigenvalue weighted by atomic mass is 10.2. The van der Waals surface area contributed by atoms with E-state index in [0.29, 0.717) is 37.7 Å². The largest absolute Gasteiger partial charge is 0.475 e. The first-order valence-corrected chi connectivity index (χ1v) is 7.04. The van der Waals surface area contributed by atoms with Crippen LogP contribution in [0.3, 0.4) is 0 Å². The summed E-state index contributed by atoms with van der Waals surface area (Å²) >= 11 is 0. The van der Waals surface area contributed by atoms with Gasteiger partial charge < -0.3 is 19.4 Å². The molecule has 7 nitrogen and oxygen atoms in total. The topological polar surface area (TPSA) is 78.3 Å². The van der Waals surface area contributed by atoms with Gasteiger partial charge in [0.2, 0.25) is 5.88 Å². The quantitative estimate of drug-likeness (QED) is 0.737. The molecule has 2 heterocycles. The molecule has 0 aliphatic rings. The summed E-state index contributed by atoms with van der Waals surface area (Å²) in [7, 11) is 1.60. The van der Waals surface area contributed by atoms with Crippen molar-refractivity contribution in [2.24, 2.45) is 0 Å². The summed E-state index contributed by atoms with van der Waals surface area (Å²) in [4.78, 5) is 20.3. The third-order valence-electron chi connectivity index (χ3n) is 3.10. The van der Waals surface area contributed by atoms with Gasteiger partial charge in [-0.1, -0.05) is 0 Å². The van der Waals surface area contributed by atoms with E-state index >= 15 is 0 Å². The van der Waals surface area contributed by atoms with Crippen molar-refractivity contribution in [3.05, 3.63) is 42.1 Å². The van der Waals surface area contributed by atoms with E-state index in [0.717, 1.165) is 5.82 Å². The summed E-state index contributed by atoms with van der Waals surface area (Å²) in [5, 5.41) is 2.86. The van der Waals surface area contributed by atoms with E-state index < -0.39 is 0 Å². The second-order valence-corrected chi connectivity index (χ2v) is 4.65. The zero-order valence-electron chi connectivity index (χ0n) is 12.8. The molecule has 0 radical (unpaired) electrons. The first-order chi connectivity index (χ1) is 10.7. The molecule has 2 aromatic rings. The predicted octanol–water partition coefficient (Wildman–Crippen LogP) is 1.04. The molecule has 1 amide bonds. The Hall–Kier alpha value is -2.41. The van der Waals surface area contributed by atoms with Crippen LogP contribution >= 0.6 is 0 Å². The summed E-state index contributed by atoms with van der Waals surface area (Å²) in [6, 6.07) is 3.27. The first-order valence-electron chi connectivity index (χ1n) is 7.04. The average molecular weight is 304 g/mol. The number of aryl methyl sites for hydroxylation is 1. The molecule has 0 unspecified atom stereocenters. The van der Waals surface area contributed by atoms with E-state index in [1.165, 1.54) is 0 Å². The Morgan fingerprint density at radius 1 is 1.32 bits per heavy atom. The summed E-state index contributed by atoms with van der Waals surface area (Å²) in [6.45, 7) is 4.00. The number of pyridine rings is 1. The molecule has 0 bridgehead atoms. The highest BCUT2D eigenvalue weighted by atomic mass is 16.5. The molecule has 22 heavy (non-hydrogen) atoms. The molecule has 0 spiro atoms. The van der Waals surface area contributed by atoms with Crippen molar-refractivity contribution in [1.82, 2.24) is 19.9 Å². The molecule has 2 rings (SSSR count). The van der Waals surface area contributed by atoms with Gasteiger partial charge in [0, 0.05) is 50.4 Å².